The van der Waals surface area contributed by atoms with Crippen molar-refractivity contribution in [3.63, 3.8) is 0 Å². The molecule has 0 heterocycles. The standard InChI is InChI=1S/C2H4O2.HI.Na/c1-2(3)4;;/h1H3,(H,3,4);1H;/q;;+1/p-1. The van der Waals surface area contributed by atoms with Crippen LogP contribution in [0.1, 0.15) is 6.92 Å². The molecule has 2 nitrogen and oxygen atoms in total. The van der Waals surface area contributed by atoms with Gasteiger partial charge in [0.15, 0.2) is 0 Å². The maximum atomic E-state index is 9.00. The molecule has 0 radical (unpaired) electrons. The number of hydrogen-bond acceptors (Lipinski definition) is 1. The Morgan fingerprint density at radius 1 is 1.67 bits per heavy atom. The fourth-order valence-corrected chi connectivity index (χ4v) is 0. The van der Waals surface area contributed by atoms with E-state index in [2.05, 4.69) is 0 Å². The number of carboxylic acids is 1. The van der Waals surface area contributed by atoms with Crippen molar-refractivity contribution in [2.24, 2.45) is 0 Å². The van der Waals surface area contributed by atoms with Crippen LogP contribution in [0.4, 0.5) is 0 Å². The quantitative estimate of drug-likeness (QED) is 0.319. The molecule has 0 amide bonds. The first-order valence-electron chi connectivity index (χ1n) is 0.928. The monoisotopic (exact) mass is 210 g/mol. The van der Waals surface area contributed by atoms with Crippen molar-refractivity contribution in [1.82, 2.24) is 0 Å². The normalized spacial score (nSPS) is 4.17. The van der Waals surface area contributed by atoms with Crippen LogP contribution < -0.4 is 53.5 Å². The number of hydrogen-bond donors (Lipinski definition) is 1. The van der Waals surface area contributed by atoms with Crippen LogP contribution in [-0.2, 0) is 4.79 Å². The molecule has 0 saturated heterocycles. The Morgan fingerprint density at radius 2 is 1.67 bits per heavy atom. The average molecular weight is 210 g/mol. The summed E-state index contributed by atoms with van der Waals surface area (Å²) < 4.78 is 0. The summed E-state index contributed by atoms with van der Waals surface area (Å²) in [5, 5.41) is 7.42. The number of carboxylic acid groups (broad SMARTS) is 1. The predicted octanol–water partition coefficient (Wildman–Crippen LogP) is -5.90. The second kappa shape index (κ2) is 9.50. The number of rotatable bonds is 0. The zero-order valence-corrected chi connectivity index (χ0v) is 7.89. The molecule has 4 heteroatoms. The molecule has 0 fully saturated rings. The van der Waals surface area contributed by atoms with Crippen LogP contribution in [0.2, 0.25) is 0 Å². The molecule has 0 aliphatic carbocycles. The van der Waals surface area contributed by atoms with Crippen LogP contribution in [0.3, 0.4) is 0 Å². The largest absolute Gasteiger partial charge is 1.00 e. The van der Waals surface area contributed by atoms with E-state index in [0.29, 0.717) is 0 Å². The first-order chi connectivity index (χ1) is 1.73. The smallest absolute Gasteiger partial charge is 1.00 e. The van der Waals surface area contributed by atoms with Crippen LogP contribution in [-0.4, -0.2) is 11.1 Å². The van der Waals surface area contributed by atoms with E-state index in [1.54, 1.807) is 0 Å². The summed E-state index contributed by atoms with van der Waals surface area (Å²) in [5.41, 5.74) is 0. The third-order valence-electron chi connectivity index (χ3n) is 0. The van der Waals surface area contributed by atoms with E-state index in [9.17, 15) is 0 Å². The summed E-state index contributed by atoms with van der Waals surface area (Å²) in [6.45, 7) is 1.08. The summed E-state index contributed by atoms with van der Waals surface area (Å²) in [6.07, 6.45) is 0. The molecule has 0 atom stereocenters. The van der Waals surface area contributed by atoms with E-state index in [4.69, 9.17) is 9.90 Å². The van der Waals surface area contributed by atoms with Crippen molar-refractivity contribution < 1.29 is 63.4 Å². The molecule has 0 aromatic carbocycles. The maximum Gasteiger partial charge on any atom is 1.00 e. The van der Waals surface area contributed by atoms with Gasteiger partial charge in [0.25, 0.3) is 5.97 Å². The summed E-state index contributed by atoms with van der Waals surface area (Å²) >= 11 is 0. The maximum absolute atomic E-state index is 9.00. The van der Waals surface area contributed by atoms with Crippen LogP contribution >= 0.6 is 0 Å². The van der Waals surface area contributed by atoms with Gasteiger partial charge in [0, 0.05) is 6.92 Å². The van der Waals surface area contributed by atoms with E-state index in [1.807, 2.05) is 0 Å². The second-order valence-corrected chi connectivity index (χ2v) is 0.519. The molecule has 0 aromatic heterocycles. The van der Waals surface area contributed by atoms with Gasteiger partial charge in [-0.05, 0) is 0 Å². The first-order valence-corrected chi connectivity index (χ1v) is 0.928. The van der Waals surface area contributed by atoms with Crippen LogP contribution in [0.15, 0.2) is 0 Å². The van der Waals surface area contributed by atoms with Crippen molar-refractivity contribution >= 4 is 5.97 Å². The van der Waals surface area contributed by atoms with E-state index in [0.717, 1.165) is 6.92 Å². The topological polar surface area (TPSA) is 37.3 Å². The molecule has 0 aliphatic rings. The fraction of sp³-hybridized carbons (Fsp3) is 0.500. The molecule has 1 N–H and O–H groups in total. The Labute approximate surface area is 75.6 Å². The fourth-order valence-electron chi connectivity index (χ4n) is 0. The zero-order valence-electron chi connectivity index (χ0n) is 3.73. The Hall–Kier alpha value is 1.20. The first kappa shape index (κ1) is 15.7. The van der Waals surface area contributed by atoms with Gasteiger partial charge in [-0.25, -0.2) is 0 Å². The summed E-state index contributed by atoms with van der Waals surface area (Å²) in [7, 11) is 0. The SMILES string of the molecule is CC(=O)O.[I-].[Na+]. The van der Waals surface area contributed by atoms with Crippen molar-refractivity contribution in [2.45, 2.75) is 6.92 Å². The third kappa shape index (κ3) is 63.7. The molecule has 0 aliphatic heterocycles. The van der Waals surface area contributed by atoms with Gasteiger partial charge in [-0.2, -0.15) is 0 Å². The van der Waals surface area contributed by atoms with Gasteiger partial charge in [-0.15, -0.1) is 0 Å². The molecule has 0 spiro atoms. The minimum Gasteiger partial charge on any atom is -1.00 e. The van der Waals surface area contributed by atoms with E-state index < -0.39 is 5.97 Å². The predicted molar refractivity (Wildman–Crippen MR) is 13.3 cm³/mol. The summed E-state index contributed by atoms with van der Waals surface area (Å²) in [5.74, 6) is -0.833. The van der Waals surface area contributed by atoms with E-state index in [-0.39, 0.29) is 53.5 Å². The number of carbonyl (C=O) groups is 1. The van der Waals surface area contributed by atoms with Crippen LogP contribution in [0.5, 0.6) is 0 Å². The van der Waals surface area contributed by atoms with Gasteiger partial charge in [0.05, 0.1) is 0 Å². The molecular weight excluding hydrogens is 206 g/mol. The number of halogens is 1. The van der Waals surface area contributed by atoms with Gasteiger partial charge >= 0.3 is 29.6 Å². The Morgan fingerprint density at radius 3 is 1.67 bits per heavy atom. The Bertz CT molecular complexity index is 34.5. The van der Waals surface area contributed by atoms with Gasteiger partial charge in [0.2, 0.25) is 0 Å². The van der Waals surface area contributed by atoms with Gasteiger partial charge in [0.1, 0.15) is 0 Å². The van der Waals surface area contributed by atoms with Gasteiger partial charge in [-0.1, -0.05) is 0 Å². The molecule has 6 heavy (non-hydrogen) atoms. The van der Waals surface area contributed by atoms with Crippen molar-refractivity contribution in [3.8, 4) is 0 Å². The molecular formula is C2H4INaO2. The van der Waals surface area contributed by atoms with Crippen LogP contribution in [0.25, 0.3) is 0 Å². The Kier molecular flexibility index (Phi) is 24.9. The molecule has 0 aromatic rings. The minimum absolute atomic E-state index is 0. The van der Waals surface area contributed by atoms with E-state index in [1.165, 1.54) is 0 Å². The third-order valence-corrected chi connectivity index (χ3v) is 0. The second-order valence-electron chi connectivity index (χ2n) is 0.519. The van der Waals surface area contributed by atoms with Crippen molar-refractivity contribution in [3.05, 3.63) is 0 Å². The zero-order chi connectivity index (χ0) is 3.58. The van der Waals surface area contributed by atoms with Gasteiger partial charge < -0.3 is 29.1 Å². The molecule has 32 valence electrons. The summed E-state index contributed by atoms with van der Waals surface area (Å²) in [6, 6.07) is 0. The van der Waals surface area contributed by atoms with Gasteiger partial charge in [-0.3, -0.25) is 4.79 Å². The number of aliphatic carboxylic acids is 1. The Balaban J connectivity index is -0.0000000450. The summed E-state index contributed by atoms with van der Waals surface area (Å²) in [4.78, 5) is 9.00. The minimum atomic E-state index is -0.833. The molecule has 0 saturated carbocycles. The van der Waals surface area contributed by atoms with Crippen molar-refractivity contribution in [1.29, 1.82) is 0 Å². The van der Waals surface area contributed by atoms with Crippen molar-refractivity contribution in [2.75, 3.05) is 0 Å². The van der Waals surface area contributed by atoms with Crippen LogP contribution in [0, 0.1) is 0 Å². The molecule has 0 bridgehead atoms. The molecule has 0 rings (SSSR count). The average Bonchev–Trinajstić information content (AvgIpc) is 0.811. The molecule has 0 unspecified atom stereocenters. The van der Waals surface area contributed by atoms with E-state index >= 15 is 0 Å².